The van der Waals surface area contributed by atoms with Crippen molar-refractivity contribution in [2.24, 2.45) is 0 Å². The predicted octanol–water partition coefficient (Wildman–Crippen LogP) is 5.41. The van der Waals surface area contributed by atoms with Gasteiger partial charge < -0.3 is 10.2 Å². The van der Waals surface area contributed by atoms with Crippen molar-refractivity contribution < 1.29 is 10.2 Å². The van der Waals surface area contributed by atoms with E-state index in [4.69, 9.17) is 0 Å². The summed E-state index contributed by atoms with van der Waals surface area (Å²) in [6.45, 7) is 11.9. The minimum atomic E-state index is 0.224. The van der Waals surface area contributed by atoms with E-state index in [9.17, 15) is 10.2 Å². The number of aromatic hydroxyl groups is 1. The second kappa shape index (κ2) is 8.15. The van der Waals surface area contributed by atoms with Crippen LogP contribution in [0.5, 0.6) is 5.75 Å². The molecule has 0 aliphatic rings. The molecule has 1 rings (SSSR count). The Kier molecular flexibility index (Phi) is 6.54. The van der Waals surface area contributed by atoms with Gasteiger partial charge in [0.2, 0.25) is 0 Å². The zero-order chi connectivity index (χ0) is 15.8. The Hall–Kier alpha value is -2.22. The van der Waals surface area contributed by atoms with Crippen molar-refractivity contribution in [2.45, 2.75) is 32.6 Å². The van der Waals surface area contributed by atoms with E-state index in [1.165, 1.54) is 5.56 Å². The van der Waals surface area contributed by atoms with Crippen molar-refractivity contribution in [1.82, 2.24) is 0 Å². The van der Waals surface area contributed by atoms with E-state index < -0.39 is 0 Å². The average Bonchev–Trinajstić information content (AvgIpc) is 2.50. The van der Waals surface area contributed by atoms with E-state index in [0.717, 1.165) is 24.0 Å². The van der Waals surface area contributed by atoms with Crippen LogP contribution in [0, 0.1) is 0 Å². The summed E-state index contributed by atoms with van der Waals surface area (Å²) in [5.41, 5.74) is 3.01. The summed E-state index contributed by atoms with van der Waals surface area (Å²) in [7, 11) is 0. The van der Waals surface area contributed by atoms with Crippen molar-refractivity contribution in [1.29, 1.82) is 0 Å². The summed E-state index contributed by atoms with van der Waals surface area (Å²) in [6, 6.07) is 7.31. The highest BCUT2D eigenvalue weighted by atomic mass is 16.3. The molecule has 0 amide bonds. The lowest BCUT2D eigenvalue weighted by Crippen LogP contribution is -1.95. The van der Waals surface area contributed by atoms with Crippen molar-refractivity contribution in [3.8, 4) is 5.75 Å². The number of benzene rings is 1. The Morgan fingerprint density at radius 2 is 1.81 bits per heavy atom. The molecule has 0 saturated carbocycles. The van der Waals surface area contributed by atoms with Crippen molar-refractivity contribution in [2.75, 3.05) is 0 Å². The van der Waals surface area contributed by atoms with Gasteiger partial charge in [-0.3, -0.25) is 0 Å². The van der Waals surface area contributed by atoms with Crippen LogP contribution in [0.1, 0.15) is 38.2 Å². The highest BCUT2D eigenvalue weighted by Gasteiger charge is 2.07. The number of allylic oxidation sites excluding steroid dienone is 5. The Balaban J connectivity index is 2.50. The molecule has 0 spiro atoms. The molecule has 0 heterocycles. The van der Waals surface area contributed by atoms with Gasteiger partial charge in [0.15, 0.2) is 0 Å². The van der Waals surface area contributed by atoms with Gasteiger partial charge in [-0.25, -0.2) is 0 Å². The Labute approximate surface area is 127 Å². The summed E-state index contributed by atoms with van der Waals surface area (Å²) in [5, 5.41) is 18.7. The summed E-state index contributed by atoms with van der Waals surface area (Å²) in [5.74, 6) is 0.905. The van der Waals surface area contributed by atoms with Gasteiger partial charge in [-0.15, -0.1) is 0 Å². The quantitative estimate of drug-likeness (QED) is 0.519. The fraction of sp³-hybridized carbons (Fsp3) is 0.263. The molecule has 1 aromatic carbocycles. The van der Waals surface area contributed by atoms with Crippen LogP contribution in [0.15, 0.2) is 72.6 Å². The highest BCUT2D eigenvalue weighted by molar-refractivity contribution is 5.37. The van der Waals surface area contributed by atoms with E-state index in [1.807, 2.05) is 12.1 Å². The minimum absolute atomic E-state index is 0.224. The van der Waals surface area contributed by atoms with E-state index >= 15 is 0 Å². The molecule has 112 valence electrons. The number of aliphatic hydroxyl groups excluding tert-OH is 1. The minimum Gasteiger partial charge on any atom is -0.508 e. The molecule has 0 radical (unpaired) electrons. The molecule has 2 nitrogen and oxygen atoms in total. The molecular formula is C19H24O2. The second-order valence-electron chi connectivity index (χ2n) is 5.21. The summed E-state index contributed by atoms with van der Waals surface area (Å²) < 4.78 is 0. The van der Waals surface area contributed by atoms with Gasteiger partial charge in [0.1, 0.15) is 11.5 Å². The Morgan fingerprint density at radius 1 is 1.19 bits per heavy atom. The van der Waals surface area contributed by atoms with Crippen molar-refractivity contribution in [3.63, 3.8) is 0 Å². The van der Waals surface area contributed by atoms with Gasteiger partial charge in [-0.2, -0.15) is 0 Å². The zero-order valence-corrected chi connectivity index (χ0v) is 12.8. The normalized spacial score (nSPS) is 13.3. The number of aliphatic hydroxyl groups is 1. The van der Waals surface area contributed by atoms with Crippen LogP contribution in [0.25, 0.3) is 0 Å². The van der Waals surface area contributed by atoms with Gasteiger partial charge in [0, 0.05) is 0 Å². The molecule has 1 aromatic rings. The van der Waals surface area contributed by atoms with Crippen LogP contribution in [0.2, 0.25) is 0 Å². The van der Waals surface area contributed by atoms with E-state index in [-0.39, 0.29) is 11.5 Å². The Bertz CT molecular complexity index is 547. The van der Waals surface area contributed by atoms with Crippen LogP contribution in [0.3, 0.4) is 0 Å². The molecular weight excluding hydrogens is 260 g/mol. The largest absolute Gasteiger partial charge is 0.508 e. The molecule has 0 fully saturated rings. The third-order valence-corrected chi connectivity index (χ3v) is 3.55. The number of hydrogen-bond donors (Lipinski definition) is 2. The summed E-state index contributed by atoms with van der Waals surface area (Å²) in [4.78, 5) is 0. The van der Waals surface area contributed by atoms with Crippen molar-refractivity contribution >= 4 is 0 Å². The van der Waals surface area contributed by atoms with Gasteiger partial charge in [0.25, 0.3) is 0 Å². The number of phenols is 1. The topological polar surface area (TPSA) is 40.5 Å². The van der Waals surface area contributed by atoms with Gasteiger partial charge >= 0.3 is 0 Å². The smallest absolute Gasteiger partial charge is 0.115 e. The fourth-order valence-electron chi connectivity index (χ4n) is 1.92. The van der Waals surface area contributed by atoms with Crippen LogP contribution in [-0.4, -0.2) is 10.2 Å². The standard InChI is InChI=1S/C19H24O2/c1-5-18(20)11-8-15(3)14(2)6-7-16(4)17-9-12-19(21)13-10-17/h5,8-13,16,20-21H,2-3,6-7H2,1,4H3/b11-8-,18-5+. The molecule has 2 heteroatoms. The maximum atomic E-state index is 9.36. The molecule has 2 N–H and O–H groups in total. The fourth-order valence-corrected chi connectivity index (χ4v) is 1.92. The van der Waals surface area contributed by atoms with Crippen LogP contribution in [-0.2, 0) is 0 Å². The van der Waals surface area contributed by atoms with E-state index in [0.29, 0.717) is 5.92 Å². The molecule has 1 atom stereocenters. The SMILES string of the molecule is C=C(/C=C\C(O)=C/C)C(=C)CCC(C)c1ccc(O)cc1. The van der Waals surface area contributed by atoms with Gasteiger partial charge in [-0.05, 0) is 66.7 Å². The first-order chi connectivity index (χ1) is 9.93. The maximum Gasteiger partial charge on any atom is 0.115 e. The molecule has 1 unspecified atom stereocenters. The lowest BCUT2D eigenvalue weighted by atomic mass is 9.92. The van der Waals surface area contributed by atoms with Crippen LogP contribution < -0.4 is 0 Å². The predicted molar refractivity (Wildman–Crippen MR) is 89.6 cm³/mol. The first kappa shape index (κ1) is 16.8. The Morgan fingerprint density at radius 3 is 2.38 bits per heavy atom. The van der Waals surface area contributed by atoms with E-state index in [1.54, 1.807) is 37.3 Å². The molecule has 0 aliphatic carbocycles. The van der Waals surface area contributed by atoms with E-state index in [2.05, 4.69) is 20.1 Å². The number of rotatable bonds is 7. The monoisotopic (exact) mass is 284 g/mol. The molecule has 0 aliphatic heterocycles. The number of hydrogen-bond acceptors (Lipinski definition) is 2. The first-order valence-electron chi connectivity index (χ1n) is 7.13. The first-order valence-corrected chi connectivity index (χ1v) is 7.13. The molecule has 0 saturated heterocycles. The lowest BCUT2D eigenvalue weighted by molar-refractivity contribution is 0.431. The number of phenolic OH excluding ortho intramolecular Hbond substituents is 1. The molecule has 21 heavy (non-hydrogen) atoms. The highest BCUT2D eigenvalue weighted by Crippen LogP contribution is 2.25. The third kappa shape index (κ3) is 5.74. The van der Waals surface area contributed by atoms with Crippen molar-refractivity contribution in [3.05, 3.63) is 78.1 Å². The van der Waals surface area contributed by atoms with Gasteiger partial charge in [0.05, 0.1) is 0 Å². The maximum absolute atomic E-state index is 9.36. The van der Waals surface area contributed by atoms with Gasteiger partial charge in [-0.1, -0.05) is 38.3 Å². The molecule has 0 bridgehead atoms. The zero-order valence-electron chi connectivity index (χ0n) is 12.8. The van der Waals surface area contributed by atoms with Crippen LogP contribution >= 0.6 is 0 Å². The molecule has 0 aromatic heterocycles. The lowest BCUT2D eigenvalue weighted by Gasteiger charge is -2.13. The summed E-state index contributed by atoms with van der Waals surface area (Å²) >= 11 is 0. The average molecular weight is 284 g/mol. The van der Waals surface area contributed by atoms with Crippen LogP contribution in [0.4, 0.5) is 0 Å². The summed E-state index contributed by atoms with van der Waals surface area (Å²) in [6.07, 6.45) is 6.84. The third-order valence-electron chi connectivity index (χ3n) is 3.55. The second-order valence-corrected chi connectivity index (χ2v) is 5.21.